The number of aryl methyl sites for hydroxylation is 1. The van der Waals surface area contributed by atoms with Crippen molar-refractivity contribution in [1.29, 1.82) is 0 Å². The molecule has 1 saturated heterocycles. The minimum Gasteiger partial charge on any atom is -0.489 e. The fraction of sp³-hybridized carbons (Fsp3) is 0.129. The van der Waals surface area contributed by atoms with Gasteiger partial charge < -0.3 is 14.6 Å². The van der Waals surface area contributed by atoms with Crippen molar-refractivity contribution in [2.75, 3.05) is 11.9 Å². The number of nitrogens with one attached hydrogen (secondary N) is 1. The number of thioether (sulfide) groups is 1. The first-order valence-corrected chi connectivity index (χ1v) is 13.8. The Bertz CT molecular complexity index is 1610. The molecule has 0 radical (unpaired) electrons. The molecule has 4 aromatic rings. The van der Waals surface area contributed by atoms with Gasteiger partial charge in [-0.25, -0.2) is 0 Å². The Labute approximate surface area is 241 Å². The van der Waals surface area contributed by atoms with Crippen LogP contribution >= 0.6 is 23.4 Å². The molecule has 5 rings (SSSR count). The van der Waals surface area contributed by atoms with Crippen molar-refractivity contribution in [3.05, 3.63) is 117 Å². The van der Waals surface area contributed by atoms with E-state index in [1.807, 2.05) is 74.5 Å². The standard InChI is InChI=1S/C31H26ClN3O4S/c1-20-16-23(21(2)35(20)24-12-14-25(15-13-24)39-19-22-8-4-3-5-9-22)17-28-30(37)34(31(38)40-28)18-29(36)33-27-11-7-6-10-26(27)32/h3-17H,18-19H2,1-2H3,(H,33,36)/b28-17+. The van der Waals surface area contributed by atoms with Gasteiger partial charge in [0.25, 0.3) is 11.1 Å². The van der Waals surface area contributed by atoms with E-state index in [-0.39, 0.29) is 4.91 Å². The molecule has 7 nitrogen and oxygen atoms in total. The molecule has 0 atom stereocenters. The van der Waals surface area contributed by atoms with Crippen molar-refractivity contribution < 1.29 is 19.1 Å². The van der Waals surface area contributed by atoms with Gasteiger partial charge in [-0.2, -0.15) is 0 Å². The lowest BCUT2D eigenvalue weighted by atomic mass is 10.2. The average molecular weight is 572 g/mol. The largest absolute Gasteiger partial charge is 0.489 e. The Morgan fingerprint density at radius 2 is 1.68 bits per heavy atom. The highest BCUT2D eigenvalue weighted by Crippen LogP contribution is 2.34. The maximum atomic E-state index is 13.0. The maximum Gasteiger partial charge on any atom is 0.294 e. The van der Waals surface area contributed by atoms with E-state index in [0.717, 1.165) is 50.6 Å². The monoisotopic (exact) mass is 571 g/mol. The minimum absolute atomic E-state index is 0.264. The number of ether oxygens (including phenoxy) is 1. The molecule has 0 unspecified atom stereocenters. The molecule has 0 spiro atoms. The molecule has 1 aliphatic heterocycles. The minimum atomic E-state index is -0.508. The Kier molecular flexibility index (Phi) is 8.09. The molecule has 202 valence electrons. The normalized spacial score (nSPS) is 14.2. The molecule has 1 aromatic heterocycles. The van der Waals surface area contributed by atoms with Crippen LogP contribution in [0.5, 0.6) is 5.75 Å². The van der Waals surface area contributed by atoms with Crippen LogP contribution in [-0.2, 0) is 16.2 Å². The number of carbonyl (C=O) groups is 3. The molecule has 1 fully saturated rings. The fourth-order valence-electron chi connectivity index (χ4n) is 4.44. The molecular formula is C31H26ClN3O4S. The summed E-state index contributed by atoms with van der Waals surface area (Å²) in [6.45, 7) is 4.03. The van der Waals surface area contributed by atoms with E-state index in [1.165, 1.54) is 0 Å². The molecular weight excluding hydrogens is 546 g/mol. The third-order valence-corrected chi connectivity index (χ3v) is 7.66. The number of aromatic nitrogens is 1. The SMILES string of the molecule is Cc1cc(/C=C2/SC(=O)N(CC(=O)Nc3ccccc3Cl)C2=O)c(C)n1-c1ccc(OCc2ccccc2)cc1. The van der Waals surface area contributed by atoms with Crippen molar-refractivity contribution in [3.8, 4) is 11.4 Å². The first-order chi connectivity index (χ1) is 19.3. The van der Waals surface area contributed by atoms with Gasteiger partial charge in [0.1, 0.15) is 18.9 Å². The van der Waals surface area contributed by atoms with Gasteiger partial charge in [0.2, 0.25) is 5.91 Å². The van der Waals surface area contributed by atoms with Crippen LogP contribution in [0.15, 0.2) is 89.8 Å². The van der Waals surface area contributed by atoms with Gasteiger partial charge in [-0.15, -0.1) is 0 Å². The van der Waals surface area contributed by atoms with Crippen molar-refractivity contribution >= 4 is 52.2 Å². The fourth-order valence-corrected chi connectivity index (χ4v) is 5.45. The first-order valence-electron chi connectivity index (χ1n) is 12.6. The molecule has 1 N–H and O–H groups in total. The summed E-state index contributed by atoms with van der Waals surface area (Å²) in [6, 6.07) is 26.5. The topological polar surface area (TPSA) is 80.6 Å². The van der Waals surface area contributed by atoms with Gasteiger partial charge in [0.15, 0.2) is 0 Å². The van der Waals surface area contributed by atoms with Gasteiger partial charge in [0, 0.05) is 17.1 Å². The average Bonchev–Trinajstić information content (AvgIpc) is 3.38. The van der Waals surface area contributed by atoms with Gasteiger partial charge >= 0.3 is 0 Å². The number of para-hydroxylation sites is 1. The number of amides is 3. The molecule has 0 saturated carbocycles. The number of anilines is 1. The van der Waals surface area contributed by atoms with E-state index < -0.39 is 23.6 Å². The van der Waals surface area contributed by atoms with Crippen LogP contribution in [0.1, 0.15) is 22.5 Å². The second-order valence-corrected chi connectivity index (χ2v) is 10.6. The van der Waals surface area contributed by atoms with Crippen LogP contribution in [0.4, 0.5) is 10.5 Å². The Morgan fingerprint density at radius 1 is 0.975 bits per heavy atom. The number of imide groups is 1. The van der Waals surface area contributed by atoms with Gasteiger partial charge in [-0.3, -0.25) is 19.3 Å². The Hall–Kier alpha value is -4.27. The summed E-state index contributed by atoms with van der Waals surface area (Å²) < 4.78 is 7.98. The zero-order valence-corrected chi connectivity index (χ0v) is 23.5. The van der Waals surface area contributed by atoms with Crippen molar-refractivity contribution in [2.24, 2.45) is 0 Å². The molecule has 3 amide bonds. The van der Waals surface area contributed by atoms with Crippen LogP contribution in [-0.4, -0.2) is 33.1 Å². The predicted molar refractivity (Wildman–Crippen MR) is 159 cm³/mol. The van der Waals surface area contributed by atoms with Crippen molar-refractivity contribution in [2.45, 2.75) is 20.5 Å². The number of halogens is 1. The maximum absolute atomic E-state index is 13.0. The summed E-state index contributed by atoms with van der Waals surface area (Å²) in [5.74, 6) is -0.248. The summed E-state index contributed by atoms with van der Waals surface area (Å²) in [5, 5.41) is 2.52. The number of rotatable bonds is 8. The summed E-state index contributed by atoms with van der Waals surface area (Å²) in [5.41, 5.74) is 5.16. The molecule has 0 bridgehead atoms. The lowest BCUT2D eigenvalue weighted by Crippen LogP contribution is -2.36. The second-order valence-electron chi connectivity index (χ2n) is 9.23. The molecule has 9 heteroatoms. The Balaban J connectivity index is 1.28. The predicted octanol–water partition coefficient (Wildman–Crippen LogP) is 7.00. The van der Waals surface area contributed by atoms with E-state index in [1.54, 1.807) is 30.3 Å². The lowest BCUT2D eigenvalue weighted by molar-refractivity contribution is -0.127. The Morgan fingerprint density at radius 3 is 2.40 bits per heavy atom. The van der Waals surface area contributed by atoms with Crippen LogP contribution in [0.2, 0.25) is 5.02 Å². The van der Waals surface area contributed by atoms with Crippen LogP contribution in [0.25, 0.3) is 11.8 Å². The summed E-state index contributed by atoms with van der Waals surface area (Å²) in [7, 11) is 0. The number of carbonyl (C=O) groups excluding carboxylic acids is 3. The zero-order chi connectivity index (χ0) is 28.2. The third-order valence-electron chi connectivity index (χ3n) is 6.42. The third kappa shape index (κ3) is 5.98. The molecule has 1 aliphatic rings. The lowest BCUT2D eigenvalue weighted by Gasteiger charge is -2.13. The first kappa shape index (κ1) is 27.3. The molecule has 0 aliphatic carbocycles. The van der Waals surface area contributed by atoms with E-state index in [4.69, 9.17) is 16.3 Å². The van der Waals surface area contributed by atoms with Crippen molar-refractivity contribution in [3.63, 3.8) is 0 Å². The van der Waals surface area contributed by atoms with Gasteiger partial charge in [0.05, 0.1) is 15.6 Å². The van der Waals surface area contributed by atoms with Crippen LogP contribution in [0.3, 0.4) is 0 Å². The highest BCUT2D eigenvalue weighted by atomic mass is 35.5. The highest BCUT2D eigenvalue weighted by Gasteiger charge is 2.36. The summed E-state index contributed by atoms with van der Waals surface area (Å²) in [4.78, 5) is 39.4. The number of hydrogen-bond acceptors (Lipinski definition) is 5. The molecule has 2 heterocycles. The second kappa shape index (κ2) is 11.9. The van der Waals surface area contributed by atoms with Gasteiger partial charge in [-0.1, -0.05) is 54.1 Å². The number of benzene rings is 3. The van der Waals surface area contributed by atoms with Crippen LogP contribution < -0.4 is 10.1 Å². The van der Waals surface area contributed by atoms with E-state index >= 15 is 0 Å². The van der Waals surface area contributed by atoms with Crippen molar-refractivity contribution in [1.82, 2.24) is 9.47 Å². The number of hydrogen-bond donors (Lipinski definition) is 1. The summed E-state index contributed by atoms with van der Waals surface area (Å²) in [6.07, 6.45) is 1.70. The highest BCUT2D eigenvalue weighted by molar-refractivity contribution is 8.18. The van der Waals surface area contributed by atoms with Crippen LogP contribution in [0, 0.1) is 13.8 Å². The summed E-state index contributed by atoms with van der Waals surface area (Å²) >= 11 is 6.91. The van der Waals surface area contributed by atoms with E-state index in [0.29, 0.717) is 17.3 Å². The smallest absolute Gasteiger partial charge is 0.294 e. The number of nitrogens with zero attached hydrogens (tertiary/aromatic N) is 2. The van der Waals surface area contributed by atoms with Gasteiger partial charge in [-0.05, 0) is 85.3 Å². The molecule has 3 aromatic carbocycles. The molecule has 40 heavy (non-hydrogen) atoms. The van der Waals surface area contributed by atoms with E-state index in [2.05, 4.69) is 9.88 Å². The van der Waals surface area contributed by atoms with E-state index in [9.17, 15) is 14.4 Å². The zero-order valence-electron chi connectivity index (χ0n) is 21.9. The quantitative estimate of drug-likeness (QED) is 0.230.